The molecular weight excluding hydrogens is 384 g/mol. The molecule has 0 saturated carbocycles. The van der Waals surface area contributed by atoms with E-state index in [-0.39, 0.29) is 28.2 Å². The number of nitrogens with two attached hydrogens (primary N) is 1. The molecule has 0 unspecified atom stereocenters. The van der Waals surface area contributed by atoms with E-state index in [1.54, 1.807) is 24.3 Å². The van der Waals surface area contributed by atoms with E-state index in [4.69, 9.17) is 10.5 Å². The summed E-state index contributed by atoms with van der Waals surface area (Å²) in [7, 11) is 1.51. The lowest BCUT2D eigenvalue weighted by molar-refractivity contribution is 0.0997. The molecule has 8 nitrogen and oxygen atoms in total. The molecule has 0 radical (unpaired) electrons. The molecule has 4 rings (SSSR count). The van der Waals surface area contributed by atoms with Crippen molar-refractivity contribution < 1.29 is 18.3 Å². The number of aromatic nitrogens is 4. The lowest BCUT2D eigenvalue weighted by atomic mass is 10.2. The summed E-state index contributed by atoms with van der Waals surface area (Å²) in [5.41, 5.74) is 5.22. The van der Waals surface area contributed by atoms with Crippen LogP contribution in [-0.4, -0.2) is 32.5 Å². The average Bonchev–Trinajstić information content (AvgIpc) is 3.04. The van der Waals surface area contributed by atoms with Crippen LogP contribution in [0.3, 0.4) is 0 Å². The molecule has 0 atom stereocenters. The van der Waals surface area contributed by atoms with E-state index >= 15 is 0 Å². The first kappa shape index (κ1) is 18.3. The standard InChI is InChI=1S/C19H13F2N5O3/c1-29-11-5-3-10(4-6-11)26-18-15(24-19(26)28)14(16(22)27)23-17(25-18)9-2-7-12(20)13(21)8-9/h2-8H,1H3,(H2,22,27)(H,24,28). The second-order valence-electron chi connectivity index (χ2n) is 6.05. The van der Waals surface area contributed by atoms with Crippen molar-refractivity contribution in [3.8, 4) is 22.8 Å². The number of methoxy groups -OCH3 is 1. The van der Waals surface area contributed by atoms with Crippen LogP contribution in [0.15, 0.2) is 47.3 Å². The fourth-order valence-corrected chi connectivity index (χ4v) is 2.90. The molecule has 0 aliphatic heterocycles. The third-order valence-electron chi connectivity index (χ3n) is 4.28. The lowest BCUT2D eigenvalue weighted by Gasteiger charge is -2.07. The average molecular weight is 397 g/mol. The molecule has 1 amide bonds. The fraction of sp³-hybridized carbons (Fsp3) is 0.0526. The van der Waals surface area contributed by atoms with Crippen LogP contribution in [0.25, 0.3) is 28.2 Å². The van der Waals surface area contributed by atoms with Gasteiger partial charge in [0, 0.05) is 5.56 Å². The highest BCUT2D eigenvalue weighted by atomic mass is 19.2. The molecule has 4 aromatic rings. The zero-order chi connectivity index (χ0) is 20.7. The summed E-state index contributed by atoms with van der Waals surface area (Å²) in [5, 5.41) is 0. The van der Waals surface area contributed by atoms with Crippen LogP contribution < -0.4 is 16.2 Å². The third-order valence-corrected chi connectivity index (χ3v) is 4.28. The van der Waals surface area contributed by atoms with Crippen molar-refractivity contribution in [1.82, 2.24) is 19.5 Å². The minimum atomic E-state index is -1.10. The fourth-order valence-electron chi connectivity index (χ4n) is 2.90. The van der Waals surface area contributed by atoms with Gasteiger partial charge in [0.15, 0.2) is 28.8 Å². The van der Waals surface area contributed by atoms with Gasteiger partial charge in [0.05, 0.1) is 12.8 Å². The van der Waals surface area contributed by atoms with Gasteiger partial charge < -0.3 is 15.5 Å². The number of hydrogen-bond donors (Lipinski definition) is 2. The molecule has 29 heavy (non-hydrogen) atoms. The molecule has 2 aromatic carbocycles. The van der Waals surface area contributed by atoms with E-state index in [0.29, 0.717) is 11.4 Å². The van der Waals surface area contributed by atoms with Crippen molar-refractivity contribution in [2.45, 2.75) is 0 Å². The Labute approximate surface area is 161 Å². The Bertz CT molecular complexity index is 1310. The first-order valence-electron chi connectivity index (χ1n) is 8.31. The zero-order valence-corrected chi connectivity index (χ0v) is 14.9. The van der Waals surface area contributed by atoms with Gasteiger partial charge in [0.25, 0.3) is 5.91 Å². The number of H-pyrrole nitrogens is 1. The molecule has 146 valence electrons. The summed E-state index contributed by atoms with van der Waals surface area (Å²) in [6.45, 7) is 0. The van der Waals surface area contributed by atoms with E-state index in [1.807, 2.05) is 0 Å². The van der Waals surface area contributed by atoms with Crippen molar-refractivity contribution in [3.63, 3.8) is 0 Å². The minimum absolute atomic E-state index is 0.0321. The second-order valence-corrected chi connectivity index (χ2v) is 6.05. The van der Waals surface area contributed by atoms with Crippen molar-refractivity contribution in [3.05, 3.63) is 70.3 Å². The van der Waals surface area contributed by atoms with Crippen LogP contribution in [-0.2, 0) is 0 Å². The number of nitrogens with one attached hydrogen (secondary N) is 1. The molecule has 0 spiro atoms. The van der Waals surface area contributed by atoms with E-state index < -0.39 is 23.2 Å². The molecule has 10 heteroatoms. The van der Waals surface area contributed by atoms with Gasteiger partial charge in [-0.15, -0.1) is 0 Å². The molecule has 0 aliphatic carbocycles. The monoisotopic (exact) mass is 397 g/mol. The molecule has 2 heterocycles. The number of rotatable bonds is 4. The van der Waals surface area contributed by atoms with Crippen molar-refractivity contribution in [2.75, 3.05) is 7.11 Å². The molecule has 3 N–H and O–H groups in total. The second kappa shape index (κ2) is 6.82. The topological polar surface area (TPSA) is 116 Å². The SMILES string of the molecule is COc1ccc(-n2c(=O)[nH]c3c(C(N)=O)nc(-c4ccc(F)c(F)c4)nc32)cc1. The van der Waals surface area contributed by atoms with Crippen LogP contribution >= 0.6 is 0 Å². The van der Waals surface area contributed by atoms with Gasteiger partial charge in [-0.2, -0.15) is 0 Å². The summed E-state index contributed by atoms with van der Waals surface area (Å²) in [6.07, 6.45) is 0. The Balaban J connectivity index is 2.01. The van der Waals surface area contributed by atoms with Crippen LogP contribution in [0.4, 0.5) is 8.78 Å². The van der Waals surface area contributed by atoms with E-state index in [2.05, 4.69) is 15.0 Å². The number of benzene rings is 2. The molecule has 0 fully saturated rings. The highest BCUT2D eigenvalue weighted by molar-refractivity contribution is 6.02. The quantitative estimate of drug-likeness (QED) is 0.547. The van der Waals surface area contributed by atoms with Gasteiger partial charge in [0.2, 0.25) is 0 Å². The Morgan fingerprint density at radius 1 is 1.10 bits per heavy atom. The molecule has 0 bridgehead atoms. The van der Waals surface area contributed by atoms with Crippen LogP contribution in [0.2, 0.25) is 0 Å². The zero-order valence-electron chi connectivity index (χ0n) is 14.9. The van der Waals surface area contributed by atoms with Gasteiger partial charge in [-0.05, 0) is 42.5 Å². The predicted octanol–water partition coefficient (Wildman–Crippen LogP) is 2.16. The van der Waals surface area contributed by atoms with Crippen LogP contribution in [0.1, 0.15) is 10.5 Å². The molecule has 0 aliphatic rings. The Morgan fingerprint density at radius 2 is 1.83 bits per heavy atom. The minimum Gasteiger partial charge on any atom is -0.497 e. The highest BCUT2D eigenvalue weighted by Gasteiger charge is 2.20. The lowest BCUT2D eigenvalue weighted by Crippen LogP contribution is -2.15. The van der Waals surface area contributed by atoms with Gasteiger partial charge in [-0.1, -0.05) is 0 Å². The third kappa shape index (κ3) is 3.10. The first-order valence-corrected chi connectivity index (χ1v) is 8.31. The maximum Gasteiger partial charge on any atom is 0.332 e. The van der Waals surface area contributed by atoms with E-state index in [1.165, 1.54) is 17.7 Å². The van der Waals surface area contributed by atoms with Crippen LogP contribution in [0, 0.1) is 11.6 Å². The number of nitrogens with zero attached hydrogens (tertiary/aromatic N) is 3. The molecule has 0 saturated heterocycles. The maximum atomic E-state index is 13.7. The number of fused-ring (bicyclic) bond motifs is 1. The number of ether oxygens (including phenoxy) is 1. The Morgan fingerprint density at radius 3 is 2.45 bits per heavy atom. The molecular formula is C19H13F2N5O3. The summed E-state index contributed by atoms with van der Waals surface area (Å²) in [4.78, 5) is 35.3. The van der Waals surface area contributed by atoms with Gasteiger partial charge >= 0.3 is 5.69 Å². The van der Waals surface area contributed by atoms with Gasteiger partial charge in [-0.3, -0.25) is 4.79 Å². The summed E-state index contributed by atoms with van der Waals surface area (Å²) >= 11 is 0. The first-order chi connectivity index (χ1) is 13.9. The van der Waals surface area contributed by atoms with Crippen molar-refractivity contribution >= 4 is 17.1 Å². The van der Waals surface area contributed by atoms with E-state index in [0.717, 1.165) is 12.1 Å². The predicted molar refractivity (Wildman–Crippen MR) is 99.9 cm³/mol. The smallest absolute Gasteiger partial charge is 0.332 e. The number of aromatic amines is 1. The summed E-state index contributed by atoms with van der Waals surface area (Å²) in [6, 6.07) is 9.60. The van der Waals surface area contributed by atoms with Crippen molar-refractivity contribution in [1.29, 1.82) is 0 Å². The van der Waals surface area contributed by atoms with Crippen LogP contribution in [0.5, 0.6) is 5.75 Å². The van der Waals surface area contributed by atoms with Gasteiger partial charge in [-0.25, -0.2) is 28.1 Å². The molecule has 2 aromatic heterocycles. The number of primary amides is 1. The highest BCUT2D eigenvalue weighted by Crippen LogP contribution is 2.24. The number of amides is 1. The Hall–Kier alpha value is -4.08. The number of imidazole rings is 1. The summed E-state index contributed by atoms with van der Waals surface area (Å²) in [5.74, 6) is -2.57. The normalized spacial score (nSPS) is 11.0. The van der Waals surface area contributed by atoms with E-state index in [9.17, 15) is 18.4 Å². The number of hydrogen-bond acceptors (Lipinski definition) is 5. The number of carbonyl (C=O) groups excluding carboxylic acids is 1. The Kier molecular flexibility index (Phi) is 4.30. The van der Waals surface area contributed by atoms with Crippen molar-refractivity contribution in [2.24, 2.45) is 5.73 Å². The maximum absolute atomic E-state index is 13.7. The number of halogens is 2. The van der Waals surface area contributed by atoms with Gasteiger partial charge in [0.1, 0.15) is 11.3 Å². The largest absolute Gasteiger partial charge is 0.497 e. The number of carbonyl (C=O) groups is 1. The summed E-state index contributed by atoms with van der Waals surface area (Å²) < 4.78 is 33.3.